The summed E-state index contributed by atoms with van der Waals surface area (Å²) in [5.74, 6) is -1.14. The van der Waals surface area contributed by atoms with Gasteiger partial charge in [0.25, 0.3) is 0 Å². The second kappa shape index (κ2) is 6.86. The van der Waals surface area contributed by atoms with Crippen LogP contribution < -0.4 is 5.32 Å². The minimum Gasteiger partial charge on any atom is -0.476 e. The number of benzene rings is 1. The molecular weight excluding hydrogens is 306 g/mol. The zero-order chi connectivity index (χ0) is 17.9. The maximum Gasteiger partial charge on any atom is 0.356 e. The molecule has 1 aromatic carbocycles. The first-order valence-electron chi connectivity index (χ1n) is 7.84. The van der Waals surface area contributed by atoms with Crippen LogP contribution >= 0.6 is 0 Å². The van der Waals surface area contributed by atoms with Crippen LogP contribution in [0.5, 0.6) is 0 Å². The normalized spacial score (nSPS) is 12.7. The molecule has 6 nitrogen and oxygen atoms in total. The average molecular weight is 329 g/mol. The molecule has 1 atom stereocenters. The van der Waals surface area contributed by atoms with E-state index in [0.29, 0.717) is 6.54 Å². The summed E-state index contributed by atoms with van der Waals surface area (Å²) in [4.78, 5) is 23.1. The first-order valence-corrected chi connectivity index (χ1v) is 7.84. The van der Waals surface area contributed by atoms with Gasteiger partial charge in [-0.25, -0.2) is 9.48 Å². The van der Waals surface area contributed by atoms with Gasteiger partial charge < -0.3 is 10.4 Å². The Hall–Kier alpha value is -2.63. The van der Waals surface area contributed by atoms with Crippen LogP contribution in [0.25, 0.3) is 5.69 Å². The predicted octanol–water partition coefficient (Wildman–Crippen LogP) is 2.87. The number of hydrogen-bond acceptors (Lipinski definition) is 3. The summed E-state index contributed by atoms with van der Waals surface area (Å²) in [6.45, 7) is 8.45. The van der Waals surface area contributed by atoms with E-state index in [2.05, 4.69) is 10.4 Å². The summed E-state index contributed by atoms with van der Waals surface area (Å²) < 4.78 is 1.51. The quantitative estimate of drug-likeness (QED) is 0.883. The summed E-state index contributed by atoms with van der Waals surface area (Å²) in [6, 6.07) is 8.92. The highest BCUT2D eigenvalue weighted by atomic mass is 16.4. The van der Waals surface area contributed by atoms with Crippen molar-refractivity contribution >= 4 is 11.9 Å². The number of amides is 1. The van der Waals surface area contributed by atoms with Gasteiger partial charge in [-0.15, -0.1) is 0 Å². The Morgan fingerprint density at radius 2 is 2.00 bits per heavy atom. The summed E-state index contributed by atoms with van der Waals surface area (Å²) in [5, 5.41) is 15.9. The fourth-order valence-corrected chi connectivity index (χ4v) is 2.13. The van der Waals surface area contributed by atoms with Crippen molar-refractivity contribution in [3.8, 4) is 5.69 Å². The number of nitrogens with one attached hydrogen (secondary N) is 1. The van der Waals surface area contributed by atoms with Crippen LogP contribution in [0, 0.1) is 11.3 Å². The molecule has 2 N–H and O–H groups in total. The van der Waals surface area contributed by atoms with Crippen molar-refractivity contribution < 1.29 is 14.7 Å². The third-order valence-electron chi connectivity index (χ3n) is 4.14. The monoisotopic (exact) mass is 329 g/mol. The lowest BCUT2D eigenvalue weighted by Gasteiger charge is -2.26. The summed E-state index contributed by atoms with van der Waals surface area (Å²) in [6.07, 6.45) is 1.60. The van der Waals surface area contributed by atoms with Crippen molar-refractivity contribution in [2.45, 2.75) is 34.2 Å². The van der Waals surface area contributed by atoms with Gasteiger partial charge >= 0.3 is 5.97 Å². The van der Waals surface area contributed by atoms with Crippen molar-refractivity contribution in [2.75, 3.05) is 0 Å². The molecule has 6 heteroatoms. The zero-order valence-corrected chi connectivity index (χ0v) is 14.4. The Morgan fingerprint density at radius 3 is 2.58 bits per heavy atom. The molecule has 0 fully saturated rings. The molecule has 2 rings (SSSR count). The Labute approximate surface area is 141 Å². The Balaban J connectivity index is 2.08. The number of rotatable bonds is 5. The van der Waals surface area contributed by atoms with Gasteiger partial charge in [0, 0.05) is 18.7 Å². The van der Waals surface area contributed by atoms with Crippen LogP contribution in [0.3, 0.4) is 0 Å². The number of carboxylic acids is 1. The van der Waals surface area contributed by atoms with Crippen molar-refractivity contribution in [1.82, 2.24) is 15.1 Å². The van der Waals surface area contributed by atoms with Gasteiger partial charge in [-0.3, -0.25) is 4.79 Å². The largest absolute Gasteiger partial charge is 0.476 e. The second-order valence-electron chi connectivity index (χ2n) is 6.93. The molecule has 1 heterocycles. The number of carbonyl (C=O) groups is 2. The number of carboxylic acid groups (broad SMARTS) is 1. The van der Waals surface area contributed by atoms with Crippen LogP contribution in [0.4, 0.5) is 0 Å². The van der Waals surface area contributed by atoms with E-state index in [4.69, 9.17) is 5.11 Å². The SMILES string of the molecule is CC(C(=O)NCc1cccc(-n2ccc(C(=O)O)n2)c1)C(C)(C)C. The molecule has 0 aliphatic heterocycles. The van der Waals surface area contributed by atoms with Gasteiger partial charge in [0.05, 0.1) is 5.69 Å². The molecule has 0 spiro atoms. The fraction of sp³-hybridized carbons (Fsp3) is 0.389. The average Bonchev–Trinajstić information content (AvgIpc) is 3.01. The van der Waals surface area contributed by atoms with Gasteiger partial charge in [-0.1, -0.05) is 39.8 Å². The topological polar surface area (TPSA) is 84.2 Å². The van der Waals surface area contributed by atoms with E-state index in [0.717, 1.165) is 11.3 Å². The lowest BCUT2D eigenvalue weighted by molar-refractivity contribution is -0.127. The van der Waals surface area contributed by atoms with E-state index < -0.39 is 5.97 Å². The Bertz CT molecular complexity index is 744. The van der Waals surface area contributed by atoms with E-state index in [1.165, 1.54) is 10.7 Å². The van der Waals surface area contributed by atoms with E-state index in [1.54, 1.807) is 6.20 Å². The van der Waals surface area contributed by atoms with Crippen LogP contribution in [0.2, 0.25) is 0 Å². The number of aromatic carboxylic acids is 1. The minimum absolute atomic E-state index is 0.00675. The lowest BCUT2D eigenvalue weighted by Crippen LogP contribution is -2.35. The van der Waals surface area contributed by atoms with Crippen LogP contribution in [-0.2, 0) is 11.3 Å². The summed E-state index contributed by atoms with van der Waals surface area (Å²) in [5.41, 5.74) is 1.58. The van der Waals surface area contributed by atoms with E-state index in [1.807, 2.05) is 52.0 Å². The van der Waals surface area contributed by atoms with Crippen molar-refractivity contribution in [3.05, 3.63) is 47.8 Å². The van der Waals surface area contributed by atoms with Gasteiger partial charge in [-0.05, 0) is 29.2 Å². The van der Waals surface area contributed by atoms with E-state index >= 15 is 0 Å². The highest BCUT2D eigenvalue weighted by Crippen LogP contribution is 2.25. The molecule has 0 bridgehead atoms. The highest BCUT2D eigenvalue weighted by Gasteiger charge is 2.26. The van der Waals surface area contributed by atoms with Crippen LogP contribution in [-0.4, -0.2) is 26.8 Å². The number of carbonyl (C=O) groups excluding carboxylic acids is 1. The molecule has 0 aliphatic carbocycles. The molecule has 2 aromatic rings. The van der Waals surface area contributed by atoms with E-state index in [-0.39, 0.29) is 22.9 Å². The Morgan fingerprint density at radius 1 is 1.29 bits per heavy atom. The number of hydrogen-bond donors (Lipinski definition) is 2. The van der Waals surface area contributed by atoms with Crippen LogP contribution in [0.1, 0.15) is 43.7 Å². The molecule has 0 aliphatic rings. The molecule has 1 amide bonds. The highest BCUT2D eigenvalue weighted by molar-refractivity contribution is 5.85. The second-order valence-corrected chi connectivity index (χ2v) is 6.93. The predicted molar refractivity (Wildman–Crippen MR) is 91.0 cm³/mol. The van der Waals surface area contributed by atoms with Crippen molar-refractivity contribution in [2.24, 2.45) is 11.3 Å². The molecule has 0 radical (unpaired) electrons. The fourth-order valence-electron chi connectivity index (χ4n) is 2.13. The number of aromatic nitrogens is 2. The van der Waals surface area contributed by atoms with E-state index in [9.17, 15) is 9.59 Å². The maximum absolute atomic E-state index is 12.2. The number of nitrogens with zero attached hydrogens (tertiary/aromatic N) is 2. The maximum atomic E-state index is 12.2. The first kappa shape index (κ1) is 17.7. The van der Waals surface area contributed by atoms with Gasteiger partial charge in [0.2, 0.25) is 5.91 Å². The van der Waals surface area contributed by atoms with Crippen LogP contribution in [0.15, 0.2) is 36.5 Å². The minimum atomic E-state index is -1.06. The third kappa shape index (κ3) is 4.22. The summed E-state index contributed by atoms with van der Waals surface area (Å²) >= 11 is 0. The van der Waals surface area contributed by atoms with Crippen molar-refractivity contribution in [1.29, 1.82) is 0 Å². The lowest BCUT2D eigenvalue weighted by atomic mass is 9.81. The molecule has 24 heavy (non-hydrogen) atoms. The van der Waals surface area contributed by atoms with Crippen molar-refractivity contribution in [3.63, 3.8) is 0 Å². The zero-order valence-electron chi connectivity index (χ0n) is 14.4. The molecule has 128 valence electrons. The smallest absolute Gasteiger partial charge is 0.356 e. The molecule has 1 aromatic heterocycles. The van der Waals surface area contributed by atoms with Gasteiger partial charge in [-0.2, -0.15) is 5.10 Å². The molecule has 1 unspecified atom stereocenters. The van der Waals surface area contributed by atoms with Gasteiger partial charge in [0.15, 0.2) is 5.69 Å². The Kier molecular flexibility index (Phi) is 5.07. The standard InChI is InChI=1S/C18H23N3O3/c1-12(18(2,3)4)16(22)19-11-13-6-5-7-14(10-13)21-9-8-15(20-21)17(23)24/h5-10,12H,11H2,1-4H3,(H,19,22)(H,23,24). The first-order chi connectivity index (χ1) is 11.2. The van der Waals surface area contributed by atoms with Gasteiger partial charge in [0.1, 0.15) is 0 Å². The molecular formula is C18H23N3O3. The molecule has 0 saturated heterocycles. The summed E-state index contributed by atoms with van der Waals surface area (Å²) in [7, 11) is 0. The third-order valence-corrected chi connectivity index (χ3v) is 4.14. The molecule has 0 saturated carbocycles.